The molecule has 1 atom stereocenters. The summed E-state index contributed by atoms with van der Waals surface area (Å²) >= 11 is 1.42. The van der Waals surface area contributed by atoms with E-state index in [-0.39, 0.29) is 11.9 Å². The van der Waals surface area contributed by atoms with Crippen molar-refractivity contribution in [3.63, 3.8) is 0 Å². The lowest BCUT2D eigenvalue weighted by molar-refractivity contribution is 0.0916. The standard InChI is InChI=1S/C14H19N3OS/c1-17-9-3-4-11(10-17)16-14(18)13-7-6-12(19-13)5-2-8-15/h6-7,11H,3-4,8-10,15H2,1H3,(H,16,18). The summed E-state index contributed by atoms with van der Waals surface area (Å²) in [5.41, 5.74) is 5.33. The molecule has 2 heterocycles. The molecule has 0 radical (unpaired) electrons. The van der Waals surface area contributed by atoms with Crippen molar-refractivity contribution in [1.29, 1.82) is 0 Å². The fraction of sp³-hybridized carbons (Fsp3) is 0.500. The smallest absolute Gasteiger partial charge is 0.261 e. The van der Waals surface area contributed by atoms with E-state index in [0.29, 0.717) is 6.54 Å². The van der Waals surface area contributed by atoms with Crippen molar-refractivity contribution in [2.45, 2.75) is 18.9 Å². The Balaban J connectivity index is 1.94. The second-order valence-electron chi connectivity index (χ2n) is 4.74. The Morgan fingerprint density at radius 1 is 1.63 bits per heavy atom. The number of likely N-dealkylation sites (N-methyl/N-ethyl adjacent to an activating group) is 1. The summed E-state index contributed by atoms with van der Waals surface area (Å²) in [5.74, 6) is 5.75. The molecule has 2 rings (SSSR count). The van der Waals surface area contributed by atoms with Gasteiger partial charge in [-0.15, -0.1) is 11.3 Å². The largest absolute Gasteiger partial charge is 0.347 e. The number of likely N-dealkylation sites (tertiary alicyclic amines) is 1. The number of amides is 1. The molecule has 102 valence electrons. The maximum Gasteiger partial charge on any atom is 0.261 e. The van der Waals surface area contributed by atoms with Crippen LogP contribution in [0.3, 0.4) is 0 Å². The molecule has 3 N–H and O–H groups in total. The van der Waals surface area contributed by atoms with Crippen molar-refractivity contribution < 1.29 is 4.79 Å². The molecule has 1 fully saturated rings. The first-order chi connectivity index (χ1) is 9.19. The van der Waals surface area contributed by atoms with Crippen LogP contribution < -0.4 is 11.1 Å². The molecule has 19 heavy (non-hydrogen) atoms. The normalized spacial score (nSPS) is 19.6. The van der Waals surface area contributed by atoms with Crippen LogP contribution in [0.15, 0.2) is 12.1 Å². The van der Waals surface area contributed by atoms with Crippen LogP contribution in [0.1, 0.15) is 27.4 Å². The zero-order valence-electron chi connectivity index (χ0n) is 11.1. The number of thiophene rings is 1. The number of rotatable bonds is 2. The third-order valence-electron chi connectivity index (χ3n) is 3.10. The average molecular weight is 277 g/mol. The summed E-state index contributed by atoms with van der Waals surface area (Å²) in [7, 11) is 2.09. The van der Waals surface area contributed by atoms with Gasteiger partial charge in [0.2, 0.25) is 0 Å². The molecule has 1 aliphatic rings. The highest BCUT2D eigenvalue weighted by Gasteiger charge is 2.20. The maximum atomic E-state index is 12.1. The molecule has 1 aromatic rings. The van der Waals surface area contributed by atoms with E-state index in [1.807, 2.05) is 12.1 Å². The van der Waals surface area contributed by atoms with Crippen molar-refractivity contribution in [2.24, 2.45) is 5.73 Å². The Morgan fingerprint density at radius 2 is 2.47 bits per heavy atom. The van der Waals surface area contributed by atoms with E-state index in [1.165, 1.54) is 11.3 Å². The number of hydrogen-bond acceptors (Lipinski definition) is 4. The predicted octanol–water partition coefficient (Wildman–Crippen LogP) is 0.882. The first-order valence-electron chi connectivity index (χ1n) is 6.47. The van der Waals surface area contributed by atoms with Crippen molar-refractivity contribution in [3.05, 3.63) is 21.9 Å². The van der Waals surface area contributed by atoms with Crippen LogP contribution in [0.25, 0.3) is 0 Å². The highest BCUT2D eigenvalue weighted by molar-refractivity contribution is 7.14. The quantitative estimate of drug-likeness (QED) is 0.789. The average Bonchev–Trinajstić information content (AvgIpc) is 2.85. The highest BCUT2D eigenvalue weighted by Crippen LogP contribution is 2.16. The van der Waals surface area contributed by atoms with Gasteiger partial charge in [-0.2, -0.15) is 0 Å². The Hall–Kier alpha value is -1.35. The maximum absolute atomic E-state index is 12.1. The van der Waals surface area contributed by atoms with E-state index >= 15 is 0 Å². The van der Waals surface area contributed by atoms with Crippen LogP contribution >= 0.6 is 11.3 Å². The van der Waals surface area contributed by atoms with E-state index < -0.39 is 0 Å². The Labute approximate surface area is 118 Å². The molecular formula is C14H19N3OS. The Kier molecular flexibility index (Phi) is 4.97. The van der Waals surface area contributed by atoms with Crippen LogP contribution in [0.2, 0.25) is 0 Å². The van der Waals surface area contributed by atoms with Crippen molar-refractivity contribution in [3.8, 4) is 11.8 Å². The lowest BCUT2D eigenvalue weighted by Gasteiger charge is -2.30. The number of carbonyl (C=O) groups excluding carboxylic acids is 1. The highest BCUT2D eigenvalue weighted by atomic mass is 32.1. The summed E-state index contributed by atoms with van der Waals surface area (Å²) in [6, 6.07) is 3.95. The molecule has 0 bridgehead atoms. The second kappa shape index (κ2) is 6.71. The number of carbonyl (C=O) groups is 1. The third-order valence-corrected chi connectivity index (χ3v) is 4.10. The molecule has 4 nitrogen and oxygen atoms in total. The van der Waals surface area contributed by atoms with Gasteiger partial charge in [0.1, 0.15) is 0 Å². The van der Waals surface area contributed by atoms with Crippen molar-refractivity contribution in [2.75, 3.05) is 26.7 Å². The minimum Gasteiger partial charge on any atom is -0.347 e. The van der Waals surface area contributed by atoms with E-state index in [9.17, 15) is 4.79 Å². The summed E-state index contributed by atoms with van der Waals surface area (Å²) in [5, 5.41) is 3.09. The lowest BCUT2D eigenvalue weighted by atomic mass is 10.1. The molecule has 1 aromatic heterocycles. The van der Waals surface area contributed by atoms with Gasteiger partial charge in [0, 0.05) is 12.6 Å². The lowest BCUT2D eigenvalue weighted by Crippen LogP contribution is -2.46. The molecule has 1 saturated heterocycles. The monoisotopic (exact) mass is 277 g/mol. The van der Waals surface area contributed by atoms with Gasteiger partial charge in [0.15, 0.2) is 0 Å². The molecule has 0 aliphatic carbocycles. The molecular weight excluding hydrogens is 258 g/mol. The molecule has 0 aromatic carbocycles. The van der Waals surface area contributed by atoms with Gasteiger partial charge in [-0.1, -0.05) is 11.8 Å². The van der Waals surface area contributed by atoms with Gasteiger partial charge in [-0.3, -0.25) is 4.79 Å². The zero-order chi connectivity index (χ0) is 13.7. The molecule has 0 spiro atoms. The van der Waals surface area contributed by atoms with Gasteiger partial charge < -0.3 is 16.0 Å². The van der Waals surface area contributed by atoms with Crippen molar-refractivity contribution >= 4 is 17.2 Å². The van der Waals surface area contributed by atoms with Crippen LogP contribution in [-0.2, 0) is 0 Å². The van der Waals surface area contributed by atoms with Crippen LogP contribution in [-0.4, -0.2) is 43.5 Å². The summed E-state index contributed by atoms with van der Waals surface area (Å²) in [6.07, 6.45) is 2.19. The summed E-state index contributed by atoms with van der Waals surface area (Å²) in [4.78, 5) is 16.0. The fourth-order valence-corrected chi connectivity index (χ4v) is 2.99. The zero-order valence-corrected chi connectivity index (χ0v) is 11.9. The Morgan fingerprint density at radius 3 is 3.21 bits per heavy atom. The molecule has 1 unspecified atom stereocenters. The van der Waals surface area contributed by atoms with Crippen LogP contribution in [0.5, 0.6) is 0 Å². The van der Waals surface area contributed by atoms with Gasteiger partial charge in [-0.25, -0.2) is 0 Å². The van der Waals surface area contributed by atoms with E-state index in [4.69, 9.17) is 5.73 Å². The minimum atomic E-state index is 0.00565. The number of nitrogens with one attached hydrogen (secondary N) is 1. The van der Waals surface area contributed by atoms with Gasteiger partial charge in [0.25, 0.3) is 5.91 Å². The number of nitrogens with two attached hydrogens (primary N) is 1. The second-order valence-corrected chi connectivity index (χ2v) is 5.83. The molecule has 5 heteroatoms. The fourth-order valence-electron chi connectivity index (χ4n) is 2.21. The van der Waals surface area contributed by atoms with Crippen LogP contribution in [0.4, 0.5) is 0 Å². The van der Waals surface area contributed by atoms with E-state index in [2.05, 4.69) is 29.1 Å². The summed E-state index contributed by atoms with van der Waals surface area (Å²) in [6.45, 7) is 2.38. The summed E-state index contributed by atoms with van der Waals surface area (Å²) < 4.78 is 0. The first kappa shape index (κ1) is 14.1. The van der Waals surface area contributed by atoms with Gasteiger partial charge in [-0.05, 0) is 38.6 Å². The molecule has 0 saturated carbocycles. The molecule has 1 amide bonds. The number of piperidine rings is 1. The third kappa shape index (κ3) is 4.06. The Bertz CT molecular complexity index is 500. The SMILES string of the molecule is CN1CCCC(NC(=O)c2ccc(C#CCN)s2)C1. The topological polar surface area (TPSA) is 58.4 Å². The molecule has 1 aliphatic heterocycles. The predicted molar refractivity (Wildman–Crippen MR) is 78.2 cm³/mol. The number of hydrogen-bond donors (Lipinski definition) is 2. The van der Waals surface area contributed by atoms with Crippen LogP contribution in [0, 0.1) is 11.8 Å². The number of nitrogens with zero attached hydrogens (tertiary/aromatic N) is 1. The van der Waals surface area contributed by atoms with Gasteiger partial charge >= 0.3 is 0 Å². The van der Waals surface area contributed by atoms with E-state index in [1.54, 1.807) is 0 Å². The van der Waals surface area contributed by atoms with E-state index in [0.717, 1.165) is 35.7 Å². The first-order valence-corrected chi connectivity index (χ1v) is 7.29. The minimum absolute atomic E-state index is 0.00565. The van der Waals surface area contributed by atoms with Crippen molar-refractivity contribution in [1.82, 2.24) is 10.2 Å². The van der Waals surface area contributed by atoms with Gasteiger partial charge in [0.05, 0.1) is 16.3 Å².